The van der Waals surface area contributed by atoms with Crippen molar-refractivity contribution in [3.63, 3.8) is 0 Å². The Morgan fingerprint density at radius 1 is 1.15 bits per heavy atom. The molecule has 0 aromatic carbocycles. The van der Waals surface area contributed by atoms with Gasteiger partial charge in [-0.15, -0.1) is 0 Å². The first-order valence-electron chi connectivity index (χ1n) is 9.29. The Bertz CT molecular complexity index is 718. The van der Waals surface area contributed by atoms with E-state index in [0.29, 0.717) is 6.54 Å². The van der Waals surface area contributed by atoms with E-state index in [0.717, 1.165) is 31.8 Å². The predicted molar refractivity (Wildman–Crippen MR) is 96.9 cm³/mol. The van der Waals surface area contributed by atoms with Gasteiger partial charge < -0.3 is 10.1 Å². The SMILES string of the molecule is CCCCCCNC(=O)C1=CC(=O)C(=O)C2=CC(C1)CC(OC)C(=O)C2=O. The Hall–Kier alpha value is -2.41. The summed E-state index contributed by atoms with van der Waals surface area (Å²) in [6.45, 7) is 2.58. The second-order valence-electron chi connectivity index (χ2n) is 6.88. The number of allylic oxidation sites excluding steroid dienone is 3. The van der Waals surface area contributed by atoms with Gasteiger partial charge in [-0.25, -0.2) is 0 Å². The molecule has 1 N–H and O–H groups in total. The molecule has 0 radical (unpaired) electrons. The molecule has 1 amide bonds. The van der Waals surface area contributed by atoms with Crippen molar-refractivity contribution in [2.24, 2.45) is 5.92 Å². The number of Topliss-reactive ketones (excluding diaryl/α,β-unsaturated/α-hetero) is 3. The van der Waals surface area contributed by atoms with Crippen LogP contribution in [0.25, 0.3) is 0 Å². The zero-order valence-electron chi connectivity index (χ0n) is 15.7. The van der Waals surface area contributed by atoms with E-state index >= 15 is 0 Å². The number of hydrogen-bond acceptors (Lipinski definition) is 6. The molecule has 0 aromatic heterocycles. The van der Waals surface area contributed by atoms with Crippen molar-refractivity contribution in [2.45, 2.75) is 51.6 Å². The van der Waals surface area contributed by atoms with Crippen molar-refractivity contribution in [3.8, 4) is 0 Å². The van der Waals surface area contributed by atoms with Crippen molar-refractivity contribution in [3.05, 3.63) is 23.3 Å². The maximum absolute atomic E-state index is 12.4. The summed E-state index contributed by atoms with van der Waals surface area (Å²) in [6.07, 6.45) is 5.69. The molecule has 7 nitrogen and oxygen atoms in total. The van der Waals surface area contributed by atoms with Gasteiger partial charge in [-0.3, -0.25) is 24.0 Å². The number of unbranched alkanes of at least 4 members (excludes halogenated alkanes) is 3. The second-order valence-corrected chi connectivity index (χ2v) is 6.88. The molecule has 2 atom stereocenters. The highest BCUT2D eigenvalue weighted by molar-refractivity contribution is 6.61. The number of nitrogens with one attached hydrogen (secondary N) is 1. The Labute approximate surface area is 158 Å². The molecular formula is C20H25NO6. The molecule has 7 heteroatoms. The van der Waals surface area contributed by atoms with Crippen LogP contribution in [-0.4, -0.2) is 48.8 Å². The number of hydrogen-bond donors (Lipinski definition) is 1. The first kappa shape index (κ1) is 20.9. The molecule has 0 aliphatic heterocycles. The van der Waals surface area contributed by atoms with Crippen LogP contribution in [0.1, 0.15) is 45.4 Å². The van der Waals surface area contributed by atoms with Crippen molar-refractivity contribution in [2.75, 3.05) is 13.7 Å². The molecule has 0 fully saturated rings. The Morgan fingerprint density at radius 2 is 1.89 bits per heavy atom. The third kappa shape index (κ3) is 5.07. The predicted octanol–water partition coefficient (Wildman–Crippen LogP) is 1.25. The minimum absolute atomic E-state index is 0.156. The van der Waals surface area contributed by atoms with Crippen LogP contribution < -0.4 is 5.32 Å². The Balaban J connectivity index is 2.18. The van der Waals surface area contributed by atoms with Crippen LogP contribution in [0.3, 0.4) is 0 Å². The van der Waals surface area contributed by atoms with Crippen LogP contribution in [0.5, 0.6) is 0 Å². The summed E-state index contributed by atoms with van der Waals surface area (Å²) in [5.74, 6) is -4.68. The van der Waals surface area contributed by atoms with Crippen molar-refractivity contribution < 1.29 is 28.7 Å². The van der Waals surface area contributed by atoms with Crippen LogP contribution in [0.15, 0.2) is 23.3 Å². The van der Waals surface area contributed by atoms with E-state index in [2.05, 4.69) is 12.2 Å². The first-order chi connectivity index (χ1) is 12.9. The standard InChI is InChI=1S/C20H25NO6/c1-3-4-5-6-7-21-20(26)13-8-12-9-14(17(23)15(22)11-13)18(24)19(25)16(10-12)27-2/h9,11-12,16H,3-8,10H2,1-2H3,(H,21,26). The number of amides is 1. The van der Waals surface area contributed by atoms with Gasteiger partial charge in [0.1, 0.15) is 6.10 Å². The smallest absolute Gasteiger partial charge is 0.247 e. The van der Waals surface area contributed by atoms with Crippen LogP contribution >= 0.6 is 0 Å². The lowest BCUT2D eigenvalue weighted by Gasteiger charge is -2.18. The lowest BCUT2D eigenvalue weighted by atomic mass is 9.89. The van der Waals surface area contributed by atoms with Gasteiger partial charge in [0.05, 0.1) is 5.57 Å². The number of rotatable bonds is 7. The highest BCUT2D eigenvalue weighted by Gasteiger charge is 2.39. The summed E-state index contributed by atoms with van der Waals surface area (Å²) in [6, 6.07) is 0. The Morgan fingerprint density at radius 3 is 2.56 bits per heavy atom. The van der Waals surface area contributed by atoms with E-state index in [1.54, 1.807) is 0 Å². The molecule has 0 heterocycles. The third-order valence-corrected chi connectivity index (χ3v) is 4.83. The molecular weight excluding hydrogens is 350 g/mol. The molecule has 0 aromatic rings. The lowest BCUT2D eigenvalue weighted by Crippen LogP contribution is -2.32. The molecule has 0 saturated heterocycles. The summed E-state index contributed by atoms with van der Waals surface area (Å²) >= 11 is 0. The maximum Gasteiger partial charge on any atom is 0.247 e. The molecule has 0 saturated carbocycles. The topological polar surface area (TPSA) is 107 Å². The van der Waals surface area contributed by atoms with Crippen LogP contribution in [-0.2, 0) is 28.7 Å². The number of fused-ring (bicyclic) bond motifs is 1. The van der Waals surface area contributed by atoms with Gasteiger partial charge in [0.25, 0.3) is 0 Å². The minimum atomic E-state index is -1.05. The van der Waals surface area contributed by atoms with Crippen LogP contribution in [0.2, 0.25) is 0 Å². The van der Waals surface area contributed by atoms with Crippen molar-refractivity contribution in [1.82, 2.24) is 5.32 Å². The van der Waals surface area contributed by atoms with E-state index < -0.39 is 46.6 Å². The normalized spacial score (nSPS) is 23.2. The molecule has 2 rings (SSSR count). The second kappa shape index (κ2) is 9.50. The summed E-state index contributed by atoms with van der Waals surface area (Å²) in [5, 5.41) is 2.77. The summed E-state index contributed by atoms with van der Waals surface area (Å²) < 4.78 is 5.08. The van der Waals surface area contributed by atoms with E-state index in [1.165, 1.54) is 13.2 Å². The number of ether oxygens (including phenoxy) is 1. The van der Waals surface area contributed by atoms with E-state index in [9.17, 15) is 24.0 Å². The van der Waals surface area contributed by atoms with E-state index in [4.69, 9.17) is 4.74 Å². The van der Waals surface area contributed by atoms with Crippen molar-refractivity contribution in [1.29, 1.82) is 0 Å². The maximum atomic E-state index is 12.4. The zero-order valence-corrected chi connectivity index (χ0v) is 15.7. The fraction of sp³-hybridized carbons (Fsp3) is 0.550. The number of carbonyl (C=O) groups excluding carboxylic acids is 5. The van der Waals surface area contributed by atoms with Gasteiger partial charge >= 0.3 is 0 Å². The lowest BCUT2D eigenvalue weighted by molar-refractivity contribution is -0.142. The van der Waals surface area contributed by atoms with Gasteiger partial charge in [-0.05, 0) is 31.3 Å². The first-order valence-corrected chi connectivity index (χ1v) is 9.29. The Kier molecular flexibility index (Phi) is 7.36. The number of carbonyl (C=O) groups is 5. The summed E-state index contributed by atoms with van der Waals surface area (Å²) in [5.41, 5.74) is -0.231. The quantitative estimate of drug-likeness (QED) is 0.408. The fourth-order valence-electron chi connectivity index (χ4n) is 3.29. The molecule has 2 unspecified atom stereocenters. The van der Waals surface area contributed by atoms with Gasteiger partial charge in [-0.1, -0.05) is 32.3 Å². The molecule has 27 heavy (non-hydrogen) atoms. The zero-order chi connectivity index (χ0) is 20.0. The van der Waals surface area contributed by atoms with Crippen LogP contribution in [0, 0.1) is 5.92 Å². The van der Waals surface area contributed by atoms with Gasteiger partial charge in [0.2, 0.25) is 29.0 Å². The molecule has 146 valence electrons. The highest BCUT2D eigenvalue weighted by Crippen LogP contribution is 2.28. The molecule has 2 aliphatic rings. The summed E-state index contributed by atoms with van der Waals surface area (Å²) in [4.78, 5) is 61.3. The molecule has 0 spiro atoms. The summed E-state index contributed by atoms with van der Waals surface area (Å²) in [7, 11) is 1.31. The molecule has 2 bridgehead atoms. The van der Waals surface area contributed by atoms with Crippen LogP contribution in [0.4, 0.5) is 0 Å². The third-order valence-electron chi connectivity index (χ3n) is 4.83. The van der Waals surface area contributed by atoms with E-state index in [1.807, 2.05) is 0 Å². The monoisotopic (exact) mass is 375 g/mol. The number of methoxy groups -OCH3 is 1. The average molecular weight is 375 g/mol. The molecule has 2 aliphatic carbocycles. The van der Waals surface area contributed by atoms with Gasteiger partial charge in [0, 0.05) is 19.2 Å². The van der Waals surface area contributed by atoms with Crippen molar-refractivity contribution >= 4 is 29.0 Å². The van der Waals surface area contributed by atoms with Gasteiger partial charge in [0.15, 0.2) is 0 Å². The van der Waals surface area contributed by atoms with Gasteiger partial charge in [-0.2, -0.15) is 0 Å². The average Bonchev–Trinajstić information content (AvgIpc) is 2.77. The minimum Gasteiger partial charge on any atom is -0.373 e. The number of ketones is 4. The fourth-order valence-corrected chi connectivity index (χ4v) is 3.29. The largest absolute Gasteiger partial charge is 0.373 e. The highest BCUT2D eigenvalue weighted by atomic mass is 16.5. The van der Waals surface area contributed by atoms with E-state index in [-0.39, 0.29) is 18.4 Å².